The summed E-state index contributed by atoms with van der Waals surface area (Å²) in [6, 6.07) is 1.41. The van der Waals surface area contributed by atoms with Crippen molar-refractivity contribution in [2.75, 3.05) is 19.8 Å². The highest BCUT2D eigenvalue weighted by molar-refractivity contribution is 5.87. The fourth-order valence-corrected chi connectivity index (χ4v) is 3.73. The van der Waals surface area contributed by atoms with Gasteiger partial charge in [-0.1, -0.05) is 0 Å². The van der Waals surface area contributed by atoms with Gasteiger partial charge in [0.05, 0.1) is 12.7 Å². The number of benzene rings is 1. The van der Waals surface area contributed by atoms with Crippen molar-refractivity contribution in [2.24, 2.45) is 5.92 Å². The summed E-state index contributed by atoms with van der Waals surface area (Å²) in [7, 11) is 0. The Labute approximate surface area is 145 Å². The van der Waals surface area contributed by atoms with Crippen LogP contribution in [0, 0.1) is 17.6 Å². The molecule has 1 saturated carbocycles. The van der Waals surface area contributed by atoms with Gasteiger partial charge >= 0.3 is 6.03 Å². The van der Waals surface area contributed by atoms with E-state index in [9.17, 15) is 18.4 Å². The van der Waals surface area contributed by atoms with Gasteiger partial charge in [0.15, 0.2) is 0 Å². The van der Waals surface area contributed by atoms with Gasteiger partial charge in [-0.15, -0.1) is 0 Å². The summed E-state index contributed by atoms with van der Waals surface area (Å²) in [6.07, 6.45) is 4.20. The van der Waals surface area contributed by atoms with Gasteiger partial charge in [0, 0.05) is 12.6 Å². The molecule has 7 heteroatoms. The number of hydrogen-bond donors (Lipinski definition) is 1. The third kappa shape index (κ3) is 3.32. The number of rotatable bonds is 3. The minimum absolute atomic E-state index is 0.0387. The minimum atomic E-state index is -0.635. The van der Waals surface area contributed by atoms with Crippen LogP contribution in [0.3, 0.4) is 0 Å². The van der Waals surface area contributed by atoms with Crippen LogP contribution in [0.5, 0.6) is 0 Å². The summed E-state index contributed by atoms with van der Waals surface area (Å²) in [5.74, 6) is -0.656. The van der Waals surface area contributed by atoms with Crippen molar-refractivity contribution in [2.45, 2.75) is 38.1 Å². The van der Waals surface area contributed by atoms with E-state index >= 15 is 0 Å². The topological polar surface area (TPSA) is 52.7 Å². The van der Waals surface area contributed by atoms with Crippen molar-refractivity contribution in [3.05, 3.63) is 34.9 Å². The van der Waals surface area contributed by atoms with Crippen molar-refractivity contribution in [3.8, 4) is 0 Å². The van der Waals surface area contributed by atoms with Crippen LogP contribution in [0.15, 0.2) is 12.1 Å². The molecule has 1 N–H and O–H groups in total. The highest BCUT2D eigenvalue weighted by Gasteiger charge is 2.35. The van der Waals surface area contributed by atoms with Gasteiger partial charge in [-0.3, -0.25) is 9.69 Å². The summed E-state index contributed by atoms with van der Waals surface area (Å²) >= 11 is 0. The van der Waals surface area contributed by atoms with E-state index < -0.39 is 17.7 Å². The summed E-state index contributed by atoms with van der Waals surface area (Å²) in [5, 5.41) is 2.86. The molecule has 0 unspecified atom stereocenters. The van der Waals surface area contributed by atoms with Gasteiger partial charge < -0.3 is 10.2 Å². The van der Waals surface area contributed by atoms with E-state index in [-0.39, 0.29) is 25.2 Å². The molecule has 0 spiro atoms. The third-order valence-electron chi connectivity index (χ3n) is 5.27. The van der Waals surface area contributed by atoms with Crippen LogP contribution < -0.4 is 5.32 Å². The third-order valence-corrected chi connectivity index (χ3v) is 5.27. The Morgan fingerprint density at radius 2 is 2.04 bits per heavy atom. The second-order valence-corrected chi connectivity index (χ2v) is 7.25. The van der Waals surface area contributed by atoms with E-state index in [1.165, 1.54) is 11.0 Å². The number of nitrogens with one attached hydrogen (secondary N) is 1. The smallest absolute Gasteiger partial charge is 0.319 e. The van der Waals surface area contributed by atoms with E-state index in [1.807, 2.05) is 0 Å². The first-order valence-electron chi connectivity index (χ1n) is 8.82. The fraction of sp³-hybridized carbons (Fsp3) is 0.556. The maximum atomic E-state index is 14.0. The molecule has 0 bridgehead atoms. The molecule has 1 atom stereocenters. The second kappa shape index (κ2) is 6.28. The van der Waals surface area contributed by atoms with Crippen molar-refractivity contribution >= 4 is 11.9 Å². The van der Waals surface area contributed by atoms with Crippen LogP contribution in [0.4, 0.5) is 13.6 Å². The summed E-state index contributed by atoms with van der Waals surface area (Å²) in [5.41, 5.74) is 0.989. The molecule has 4 rings (SSSR count). The molecule has 1 aromatic rings. The zero-order valence-electron chi connectivity index (χ0n) is 13.9. The minimum Gasteiger partial charge on any atom is -0.331 e. The van der Waals surface area contributed by atoms with Crippen molar-refractivity contribution in [3.63, 3.8) is 0 Å². The molecule has 3 amide bonds. The van der Waals surface area contributed by atoms with E-state index in [1.54, 1.807) is 4.90 Å². The van der Waals surface area contributed by atoms with Gasteiger partial charge in [-0.05, 0) is 55.2 Å². The number of hydrogen-bond acceptors (Lipinski definition) is 2. The standard InChI is InChI=1S/C18H21F2N3O2/c19-12-6-14-13(15(20)7-12)2-1-3-16(14)21-18(25)23-9-17(24)22(10-23)8-11-4-5-11/h6-7,11,16H,1-5,8-10H2,(H,21,25)/t16-/m0/s1. The van der Waals surface area contributed by atoms with E-state index in [4.69, 9.17) is 0 Å². The Bertz CT molecular complexity index is 721. The Morgan fingerprint density at radius 3 is 2.80 bits per heavy atom. The lowest BCUT2D eigenvalue weighted by Gasteiger charge is -2.28. The van der Waals surface area contributed by atoms with Crippen LogP contribution in [0.25, 0.3) is 0 Å². The highest BCUT2D eigenvalue weighted by Crippen LogP contribution is 2.33. The zero-order valence-corrected chi connectivity index (χ0v) is 13.9. The van der Waals surface area contributed by atoms with Crippen LogP contribution in [0.2, 0.25) is 0 Å². The van der Waals surface area contributed by atoms with Crippen molar-refractivity contribution in [1.29, 1.82) is 0 Å². The van der Waals surface area contributed by atoms with Gasteiger partial charge in [-0.25, -0.2) is 13.6 Å². The van der Waals surface area contributed by atoms with Crippen LogP contribution >= 0.6 is 0 Å². The molecular formula is C18H21F2N3O2. The lowest BCUT2D eigenvalue weighted by Crippen LogP contribution is -2.42. The summed E-state index contributed by atoms with van der Waals surface area (Å²) in [6.45, 7) is 1.07. The normalized spacial score (nSPS) is 23.0. The molecule has 1 aromatic carbocycles. The second-order valence-electron chi connectivity index (χ2n) is 7.25. The molecule has 0 aromatic heterocycles. The van der Waals surface area contributed by atoms with Crippen LogP contribution in [-0.4, -0.2) is 41.5 Å². The van der Waals surface area contributed by atoms with Crippen molar-refractivity contribution in [1.82, 2.24) is 15.1 Å². The van der Waals surface area contributed by atoms with E-state index in [0.717, 1.165) is 25.3 Å². The number of carbonyl (C=O) groups excluding carboxylic acids is 2. The highest BCUT2D eigenvalue weighted by atomic mass is 19.1. The Morgan fingerprint density at radius 1 is 1.24 bits per heavy atom. The average molecular weight is 349 g/mol. The molecule has 1 aliphatic heterocycles. The van der Waals surface area contributed by atoms with Gasteiger partial charge in [0.1, 0.15) is 18.2 Å². The number of urea groups is 1. The number of amides is 3. The summed E-state index contributed by atoms with van der Waals surface area (Å²) in [4.78, 5) is 27.8. The number of fused-ring (bicyclic) bond motifs is 1. The summed E-state index contributed by atoms with van der Waals surface area (Å²) < 4.78 is 27.5. The van der Waals surface area contributed by atoms with E-state index in [0.29, 0.717) is 36.4 Å². The first kappa shape index (κ1) is 16.3. The largest absolute Gasteiger partial charge is 0.331 e. The van der Waals surface area contributed by atoms with Gasteiger partial charge in [0.25, 0.3) is 0 Å². The number of carbonyl (C=O) groups is 2. The lowest BCUT2D eigenvalue weighted by atomic mass is 9.87. The number of nitrogens with zero attached hydrogens (tertiary/aromatic N) is 2. The molecule has 5 nitrogen and oxygen atoms in total. The predicted molar refractivity (Wildman–Crippen MR) is 86.6 cm³/mol. The zero-order chi connectivity index (χ0) is 17.6. The van der Waals surface area contributed by atoms with Gasteiger partial charge in [0.2, 0.25) is 5.91 Å². The van der Waals surface area contributed by atoms with Gasteiger partial charge in [-0.2, -0.15) is 0 Å². The first-order valence-corrected chi connectivity index (χ1v) is 8.82. The Kier molecular flexibility index (Phi) is 4.09. The predicted octanol–water partition coefficient (Wildman–Crippen LogP) is 2.56. The monoisotopic (exact) mass is 349 g/mol. The maximum Gasteiger partial charge on any atom is 0.319 e. The molecule has 25 heavy (non-hydrogen) atoms. The SMILES string of the molecule is O=C1CN(C(=O)N[C@H]2CCCc3c(F)cc(F)cc32)CN1CC1CC1. The molecule has 1 heterocycles. The first-order chi connectivity index (χ1) is 12.0. The van der Waals surface area contributed by atoms with E-state index in [2.05, 4.69) is 5.32 Å². The quantitative estimate of drug-likeness (QED) is 0.912. The van der Waals surface area contributed by atoms with Crippen LogP contribution in [0.1, 0.15) is 42.9 Å². The Hall–Kier alpha value is -2.18. The average Bonchev–Trinajstić information content (AvgIpc) is 3.30. The molecule has 2 fully saturated rings. The molecule has 2 aliphatic carbocycles. The van der Waals surface area contributed by atoms with Crippen LogP contribution in [-0.2, 0) is 11.2 Å². The van der Waals surface area contributed by atoms with Crippen molar-refractivity contribution < 1.29 is 18.4 Å². The fourth-order valence-electron chi connectivity index (χ4n) is 3.73. The molecule has 3 aliphatic rings. The number of halogens is 2. The molecule has 0 radical (unpaired) electrons. The lowest BCUT2D eigenvalue weighted by molar-refractivity contribution is -0.126. The maximum absolute atomic E-state index is 14.0. The molecule has 134 valence electrons. The Balaban J connectivity index is 1.44. The molecular weight excluding hydrogens is 328 g/mol. The molecule has 1 saturated heterocycles.